The predicted molar refractivity (Wildman–Crippen MR) is 467 cm³/mol. The maximum Gasteiger partial charge on any atom is 0.471 e. The van der Waals surface area contributed by atoms with Crippen LogP contribution in [0, 0.1) is 20.8 Å². The minimum atomic E-state index is -5.10. The first-order valence-electron chi connectivity index (χ1n) is 40.5. The minimum Gasteiger partial charge on any atom is -0.491 e. The summed E-state index contributed by atoms with van der Waals surface area (Å²) in [6.45, 7) is 10.1. The number of hydrogen-bond acceptors (Lipinski definition) is 29. The summed E-state index contributed by atoms with van der Waals surface area (Å²) in [5, 5.41) is 33.8. The molecule has 10 rings (SSSR count). The molecule has 9 aromatic rings. The van der Waals surface area contributed by atoms with E-state index in [0.717, 1.165) is 53.7 Å². The van der Waals surface area contributed by atoms with Crippen molar-refractivity contribution >= 4 is 126 Å². The Labute approximate surface area is 752 Å². The summed E-state index contributed by atoms with van der Waals surface area (Å²) in [6, 6.07) is 16.4. The van der Waals surface area contributed by atoms with E-state index in [2.05, 4.69) is 95.9 Å². The number of phosphoric ester groups is 2. The zero-order valence-corrected chi connectivity index (χ0v) is 75.1. The monoisotopic (exact) mass is 1890 g/mol. The van der Waals surface area contributed by atoms with Crippen LogP contribution in [0.1, 0.15) is 118 Å². The molecule has 0 saturated heterocycles. The van der Waals surface area contributed by atoms with Crippen molar-refractivity contribution in [3.8, 4) is 10.8 Å². The van der Waals surface area contributed by atoms with Gasteiger partial charge in [-0.2, -0.15) is 0 Å². The number of halogens is 1. The molecule has 2 aromatic carbocycles. The quantitative estimate of drug-likeness (QED) is 0.0187. The predicted octanol–water partition coefficient (Wildman–Crippen LogP) is 4.24. The van der Waals surface area contributed by atoms with Crippen molar-refractivity contribution in [2.75, 3.05) is 165 Å². The molecule has 51 heteroatoms. The van der Waals surface area contributed by atoms with E-state index in [1.807, 2.05) is 35.8 Å². The molecular weight excluding hydrogens is 1790 g/mol. The van der Waals surface area contributed by atoms with Crippen LogP contribution in [-0.2, 0) is 110 Å². The van der Waals surface area contributed by atoms with Gasteiger partial charge in [-0.15, -0.1) is 21.5 Å². The van der Waals surface area contributed by atoms with E-state index >= 15 is 0 Å². The fraction of sp³-hybridized carbons (Fsp3) is 0.430. The Hall–Kier alpha value is -11.6. The Kier molecular flexibility index (Phi) is 38.6. The summed E-state index contributed by atoms with van der Waals surface area (Å²) in [7, 11) is -5.61. The Morgan fingerprint density at radius 2 is 0.931 bits per heavy atom. The van der Waals surface area contributed by atoms with E-state index in [-0.39, 0.29) is 129 Å². The molecule has 13 N–H and O–H groups in total. The summed E-state index contributed by atoms with van der Waals surface area (Å²) in [5.74, 6) is -4.31. The van der Waals surface area contributed by atoms with Crippen molar-refractivity contribution < 1.29 is 124 Å². The van der Waals surface area contributed by atoms with E-state index < -0.39 is 76.5 Å². The zero-order chi connectivity index (χ0) is 93.3. The molecule has 0 aliphatic carbocycles. The first-order chi connectivity index (χ1) is 62.3. The van der Waals surface area contributed by atoms with Crippen LogP contribution in [0.5, 0.6) is 5.75 Å². The summed E-state index contributed by atoms with van der Waals surface area (Å²) < 4.78 is 90.6. The highest BCUT2D eigenvalue weighted by molar-refractivity contribution is 7.46. The molecule has 0 saturated carbocycles. The summed E-state index contributed by atoms with van der Waals surface area (Å²) in [4.78, 5) is 174. The normalized spacial score (nSPS) is 12.5. The Bertz CT molecular complexity index is 5480. The standard InChI is InChI=1S/C79H102ClN21O26P2S/c1-50-51(2)130-79-68(50)69(53-7-9-54(80)10-8-53)89-59(70-95-94-52(3)101(70)79)43-67(105)86-55-11-13-58(14-12-55)125-40-39-124-38-37-123-36-35-122-34-33-121-32-31-120-30-29-119-28-27-118-26-25-117-24-22-81-64(102)15-18-85-76(108)72-92-62(46-97(72)5)90-65(103)16-19-84-75(107)61-42-57(45-100(61)49-127-129(114,115)116)88-78(110)73-93-63(47-98(73)6)91-66(104)17-20-83-74(106)60-41-56(44-99(60)48-126-128(111,112)113)87-77(109)71-82-21-23-96(71)4/h7-14,21,23,41-42,44-47,59H,15-20,22,24-40,43,48-49H2,1-6H3,(H,81,102)(H,83,106)(H,84,107)(H,85,108)(H,86,105)(H,87,109)(H,88,110)(H,90,103)(H,91,104)(H2,111,112,113)(H2,114,115,116)/t59-/m0/s1. The lowest BCUT2D eigenvalue weighted by Gasteiger charge is -2.13. The first kappa shape index (κ1) is 101. The van der Waals surface area contributed by atoms with Crippen LogP contribution in [-0.4, -0.2) is 269 Å². The average Bonchev–Trinajstić information content (AvgIpc) is 1.59. The number of nitrogens with one attached hydrogen (secondary N) is 9. The number of anilines is 5. The van der Waals surface area contributed by atoms with Gasteiger partial charge in [-0.1, -0.05) is 23.7 Å². The summed E-state index contributed by atoms with van der Waals surface area (Å²) in [5.41, 5.74) is 3.84. The van der Waals surface area contributed by atoms with Gasteiger partial charge in [0.25, 0.3) is 29.5 Å². The third kappa shape index (κ3) is 31.9. The van der Waals surface area contributed by atoms with Crippen molar-refractivity contribution in [3.05, 3.63) is 165 Å². The molecule has 130 heavy (non-hydrogen) atoms. The largest absolute Gasteiger partial charge is 0.491 e. The van der Waals surface area contributed by atoms with Crippen LogP contribution in [0.25, 0.3) is 5.00 Å². The SMILES string of the molecule is Cc1sc2c(c1C)C(c1ccc(Cl)cc1)=N[C@@H](CC(=O)Nc1ccc(OCCOCCOCCOCCOCCOCCOCCOCCOCCNC(=O)CCNC(=O)c3nc(NC(=O)CCNC(=O)c4cc(NC(=O)c5nc(NC(=O)CCNC(=O)c6cc(NC(=O)c7nccn7C)cn6COP(=O)(O)O)cn5C)cn4COP(=O)(O)O)cn3C)cc1)c1nnc(C)n1-2. The molecule has 0 spiro atoms. The Balaban J connectivity index is 0.493. The number of carbonyl (C=O) groups excluding carboxylic acids is 9. The summed E-state index contributed by atoms with van der Waals surface area (Å²) in [6.07, 6.45) is 7.16. The molecule has 7 aromatic heterocycles. The van der Waals surface area contributed by atoms with E-state index in [1.54, 1.807) is 42.6 Å². The molecule has 0 unspecified atom stereocenters. The van der Waals surface area contributed by atoms with Crippen molar-refractivity contribution in [1.82, 2.24) is 73.8 Å². The number of amides is 9. The number of aromatic nitrogens is 11. The number of hydrogen-bond donors (Lipinski definition) is 13. The van der Waals surface area contributed by atoms with Crippen LogP contribution >= 0.6 is 38.6 Å². The van der Waals surface area contributed by atoms with Gasteiger partial charge < -0.3 is 133 Å². The number of thiophene rings is 1. The maximum absolute atomic E-state index is 13.6. The van der Waals surface area contributed by atoms with Gasteiger partial charge in [0, 0.05) is 130 Å². The van der Waals surface area contributed by atoms with Crippen LogP contribution in [0.4, 0.5) is 28.7 Å². The molecule has 0 radical (unpaired) electrons. The smallest absolute Gasteiger partial charge is 0.471 e. The van der Waals surface area contributed by atoms with E-state index in [4.69, 9.17) is 59.2 Å². The molecule has 8 heterocycles. The molecular formula is C79H102ClN21O26P2S. The van der Waals surface area contributed by atoms with Gasteiger partial charge in [-0.25, -0.2) is 24.1 Å². The highest BCUT2D eigenvalue weighted by atomic mass is 35.5. The molecule has 9 amide bonds. The van der Waals surface area contributed by atoms with Gasteiger partial charge in [-0.05, 0) is 74.9 Å². The number of fused-ring (bicyclic) bond motifs is 3. The number of carbonyl (C=O) groups is 9. The third-order valence-corrected chi connectivity index (χ3v) is 21.0. The maximum atomic E-state index is 13.6. The molecule has 702 valence electrons. The number of benzene rings is 2. The second-order valence-electron chi connectivity index (χ2n) is 28.4. The first-order valence-corrected chi connectivity index (χ1v) is 44.8. The molecule has 1 aliphatic rings. The number of nitrogens with zero attached hydrogens (tertiary/aromatic N) is 12. The second kappa shape index (κ2) is 49.9. The number of rotatable bonds is 56. The molecule has 1 atom stereocenters. The van der Waals surface area contributed by atoms with Crippen molar-refractivity contribution in [3.63, 3.8) is 0 Å². The van der Waals surface area contributed by atoms with Gasteiger partial charge in [-0.3, -0.25) is 61.8 Å². The minimum absolute atomic E-state index is 0.0121. The zero-order valence-electron chi connectivity index (χ0n) is 71.7. The molecule has 47 nitrogen and oxygen atoms in total. The molecule has 0 fully saturated rings. The van der Waals surface area contributed by atoms with Gasteiger partial charge in [0.2, 0.25) is 35.3 Å². The van der Waals surface area contributed by atoms with Gasteiger partial charge >= 0.3 is 15.6 Å². The van der Waals surface area contributed by atoms with Crippen molar-refractivity contribution in [1.29, 1.82) is 0 Å². The lowest BCUT2D eigenvalue weighted by molar-refractivity contribution is -0.121. The lowest BCUT2D eigenvalue weighted by atomic mass is 9.99. The highest BCUT2D eigenvalue weighted by Crippen LogP contribution is 2.41. The van der Waals surface area contributed by atoms with Gasteiger partial charge in [0.05, 0.1) is 129 Å². The van der Waals surface area contributed by atoms with Gasteiger partial charge in [0.15, 0.2) is 23.3 Å². The third-order valence-electron chi connectivity index (χ3n) is 18.7. The number of ether oxygens (including phenoxy) is 9. The van der Waals surface area contributed by atoms with Crippen molar-refractivity contribution in [2.24, 2.45) is 26.1 Å². The van der Waals surface area contributed by atoms with Gasteiger partial charge in [0.1, 0.15) is 54.1 Å². The fourth-order valence-electron chi connectivity index (χ4n) is 12.4. The van der Waals surface area contributed by atoms with Crippen molar-refractivity contribution in [2.45, 2.75) is 66.0 Å². The van der Waals surface area contributed by atoms with Crippen LogP contribution in [0.3, 0.4) is 0 Å². The van der Waals surface area contributed by atoms with E-state index in [9.17, 15) is 71.9 Å². The van der Waals surface area contributed by atoms with E-state index in [1.165, 1.54) is 64.8 Å². The second-order valence-corrected chi connectivity index (χ2v) is 32.6. The Morgan fingerprint density at radius 1 is 0.477 bits per heavy atom. The topological polar surface area (TPSA) is 585 Å². The number of aliphatic imine (C=N–C) groups is 1. The number of aryl methyl sites for hydroxylation is 5. The average molecular weight is 1890 g/mol. The lowest BCUT2D eigenvalue weighted by Crippen LogP contribution is -2.33. The molecule has 1 aliphatic heterocycles. The number of imidazole rings is 3. The molecule has 0 bridgehead atoms. The fourth-order valence-corrected chi connectivity index (χ4v) is 14.3. The van der Waals surface area contributed by atoms with Crippen LogP contribution < -0.4 is 52.6 Å². The van der Waals surface area contributed by atoms with Crippen LogP contribution in [0.15, 0.2) is 103 Å². The summed E-state index contributed by atoms with van der Waals surface area (Å²) >= 11 is 7.91. The highest BCUT2D eigenvalue weighted by Gasteiger charge is 2.34. The Morgan fingerprint density at radius 3 is 1.41 bits per heavy atom. The van der Waals surface area contributed by atoms with Crippen LogP contribution in [0.2, 0.25) is 5.02 Å². The van der Waals surface area contributed by atoms with E-state index in [0.29, 0.717) is 127 Å². The number of phosphoric acid groups is 2.